The average molecular weight is 281 g/mol. The van der Waals surface area contributed by atoms with Gasteiger partial charge in [-0.15, -0.1) is 0 Å². The highest BCUT2D eigenvalue weighted by molar-refractivity contribution is 7.92. The molecule has 19 heavy (non-hydrogen) atoms. The lowest BCUT2D eigenvalue weighted by Crippen LogP contribution is -2.46. The lowest BCUT2D eigenvalue weighted by molar-refractivity contribution is 0.456. The average Bonchev–Trinajstić information content (AvgIpc) is 2.36. The molecule has 0 aromatic heterocycles. The number of sulfone groups is 1. The molecule has 1 aromatic carbocycles. The van der Waals surface area contributed by atoms with Crippen molar-refractivity contribution >= 4 is 9.84 Å². The van der Waals surface area contributed by atoms with E-state index in [1.807, 2.05) is 13.1 Å². The number of nitrogens with one attached hydrogen (secondary N) is 1. The van der Waals surface area contributed by atoms with E-state index in [0.717, 1.165) is 25.7 Å². The molecule has 0 spiro atoms. The number of rotatable bonds is 4. The van der Waals surface area contributed by atoms with Gasteiger partial charge in [-0.2, -0.15) is 0 Å². The van der Waals surface area contributed by atoms with E-state index in [1.54, 1.807) is 0 Å². The second-order valence-corrected chi connectivity index (χ2v) is 7.83. The zero-order valence-corrected chi connectivity index (χ0v) is 12.5. The van der Waals surface area contributed by atoms with E-state index in [-0.39, 0.29) is 11.3 Å². The molecule has 4 heteroatoms. The Hall–Kier alpha value is -0.870. The van der Waals surface area contributed by atoms with E-state index in [9.17, 15) is 8.42 Å². The highest BCUT2D eigenvalue weighted by Gasteiger charge is 2.34. The Labute approximate surface area is 116 Å². The van der Waals surface area contributed by atoms with Crippen LogP contribution in [0.5, 0.6) is 0 Å². The molecule has 0 radical (unpaired) electrons. The first-order valence-corrected chi connectivity index (χ1v) is 8.69. The normalized spacial score (nSPS) is 24.0. The summed E-state index contributed by atoms with van der Waals surface area (Å²) in [7, 11) is -1.06. The third-order valence-corrected chi connectivity index (χ3v) is 6.33. The molecule has 2 atom stereocenters. The van der Waals surface area contributed by atoms with Crippen molar-refractivity contribution in [3.63, 3.8) is 0 Å². The van der Waals surface area contributed by atoms with Crippen molar-refractivity contribution in [2.24, 2.45) is 0 Å². The first-order valence-electron chi connectivity index (χ1n) is 6.97. The second-order valence-electron chi connectivity index (χ2n) is 5.49. The largest absolute Gasteiger partial charge is 0.315 e. The van der Waals surface area contributed by atoms with Gasteiger partial charge in [0.05, 0.1) is 11.0 Å². The molecule has 3 nitrogen and oxygen atoms in total. The summed E-state index contributed by atoms with van der Waals surface area (Å²) in [5, 5.41) is 2.99. The molecule has 0 saturated carbocycles. The van der Waals surface area contributed by atoms with Gasteiger partial charge in [-0.25, -0.2) is 8.42 Å². The van der Waals surface area contributed by atoms with Crippen molar-refractivity contribution in [2.45, 2.75) is 43.9 Å². The first-order chi connectivity index (χ1) is 9.03. The van der Waals surface area contributed by atoms with E-state index in [0.29, 0.717) is 5.75 Å². The van der Waals surface area contributed by atoms with Crippen LogP contribution in [0, 0.1) is 6.92 Å². The lowest BCUT2D eigenvalue weighted by atomic mass is 9.98. The van der Waals surface area contributed by atoms with Crippen LogP contribution in [0.15, 0.2) is 24.3 Å². The zero-order valence-electron chi connectivity index (χ0n) is 11.7. The summed E-state index contributed by atoms with van der Waals surface area (Å²) in [4.78, 5) is 0. The van der Waals surface area contributed by atoms with Gasteiger partial charge in [-0.1, -0.05) is 36.2 Å². The molecule has 1 heterocycles. The Morgan fingerprint density at radius 1 is 1.37 bits per heavy atom. The third-order valence-electron chi connectivity index (χ3n) is 3.99. The van der Waals surface area contributed by atoms with Crippen LogP contribution in [0.2, 0.25) is 0 Å². The van der Waals surface area contributed by atoms with Crippen LogP contribution >= 0.6 is 0 Å². The van der Waals surface area contributed by atoms with E-state index >= 15 is 0 Å². The zero-order chi connectivity index (χ0) is 13.9. The second kappa shape index (κ2) is 6.06. The van der Waals surface area contributed by atoms with E-state index < -0.39 is 9.84 Å². The minimum atomic E-state index is -2.93. The van der Waals surface area contributed by atoms with Crippen LogP contribution in [0.1, 0.15) is 30.4 Å². The van der Waals surface area contributed by atoms with Crippen LogP contribution in [-0.4, -0.2) is 32.5 Å². The van der Waals surface area contributed by atoms with Crippen molar-refractivity contribution in [1.82, 2.24) is 5.32 Å². The molecule has 1 saturated heterocycles. The first kappa shape index (κ1) is 14.5. The fraction of sp³-hybridized carbons (Fsp3) is 0.600. The van der Waals surface area contributed by atoms with Crippen LogP contribution in [0.4, 0.5) is 0 Å². The highest BCUT2D eigenvalue weighted by Crippen LogP contribution is 2.24. The summed E-state index contributed by atoms with van der Waals surface area (Å²) in [6.07, 6.45) is 3.41. The molecule has 0 bridgehead atoms. The standard InChI is InChI=1S/C15H23NO2S/c1-12-6-5-7-13(10-12)11-14(16-2)15-8-3-4-9-19(15,17)18/h5-7,10,14-16H,3-4,8-9,11H2,1-2H3. The Balaban J connectivity index is 2.16. The molecule has 2 unspecified atom stereocenters. The van der Waals surface area contributed by atoms with E-state index in [1.165, 1.54) is 11.1 Å². The summed E-state index contributed by atoms with van der Waals surface area (Å²) in [6.45, 7) is 2.06. The monoisotopic (exact) mass is 281 g/mol. The van der Waals surface area contributed by atoms with E-state index in [2.05, 4.69) is 30.4 Å². The summed E-state index contributed by atoms with van der Waals surface area (Å²) in [5.74, 6) is 0.351. The smallest absolute Gasteiger partial charge is 0.154 e. The number of hydrogen-bond acceptors (Lipinski definition) is 3. The Kier molecular flexibility index (Phi) is 4.63. The summed E-state index contributed by atoms with van der Waals surface area (Å²) >= 11 is 0. The fourth-order valence-corrected chi connectivity index (χ4v) is 5.11. The topological polar surface area (TPSA) is 46.2 Å². The minimum absolute atomic E-state index is 0.0205. The number of benzene rings is 1. The fourth-order valence-electron chi connectivity index (χ4n) is 2.94. The van der Waals surface area contributed by atoms with Crippen molar-refractivity contribution in [3.8, 4) is 0 Å². The number of aryl methyl sites for hydroxylation is 1. The molecule has 106 valence electrons. The van der Waals surface area contributed by atoms with Crippen LogP contribution in [-0.2, 0) is 16.3 Å². The highest BCUT2D eigenvalue weighted by atomic mass is 32.2. The molecule has 1 N–H and O–H groups in total. The summed E-state index contributed by atoms with van der Waals surface area (Å²) in [5.41, 5.74) is 2.43. The predicted octanol–water partition coefficient (Wildman–Crippen LogP) is 2.09. The van der Waals surface area contributed by atoms with Crippen LogP contribution < -0.4 is 5.32 Å². The van der Waals surface area contributed by atoms with Gasteiger partial charge in [0.1, 0.15) is 0 Å². The molecule has 1 aromatic rings. The molecular weight excluding hydrogens is 258 g/mol. The van der Waals surface area contributed by atoms with Crippen molar-refractivity contribution < 1.29 is 8.42 Å². The number of hydrogen-bond donors (Lipinski definition) is 1. The van der Waals surface area contributed by atoms with Gasteiger partial charge >= 0.3 is 0 Å². The van der Waals surface area contributed by atoms with Gasteiger partial charge in [0.2, 0.25) is 0 Å². The summed E-state index contributed by atoms with van der Waals surface area (Å²) in [6, 6.07) is 8.33. The van der Waals surface area contributed by atoms with Crippen molar-refractivity contribution in [1.29, 1.82) is 0 Å². The minimum Gasteiger partial charge on any atom is -0.315 e. The van der Waals surface area contributed by atoms with Crippen LogP contribution in [0.25, 0.3) is 0 Å². The maximum atomic E-state index is 12.2. The van der Waals surface area contributed by atoms with E-state index in [4.69, 9.17) is 0 Å². The van der Waals surface area contributed by atoms with Gasteiger partial charge in [-0.05, 0) is 38.8 Å². The number of likely N-dealkylation sites (N-methyl/N-ethyl adjacent to an activating group) is 1. The van der Waals surface area contributed by atoms with Crippen molar-refractivity contribution in [2.75, 3.05) is 12.8 Å². The van der Waals surface area contributed by atoms with Gasteiger partial charge < -0.3 is 5.32 Å². The maximum absolute atomic E-state index is 12.2. The molecule has 1 aliphatic rings. The molecular formula is C15H23NO2S. The van der Waals surface area contributed by atoms with Gasteiger partial charge in [0.25, 0.3) is 0 Å². The SMILES string of the molecule is CNC(Cc1cccc(C)c1)C1CCCCS1(=O)=O. The van der Waals surface area contributed by atoms with Crippen molar-refractivity contribution in [3.05, 3.63) is 35.4 Å². The Morgan fingerprint density at radius 3 is 2.79 bits per heavy atom. The molecule has 1 fully saturated rings. The third kappa shape index (κ3) is 3.57. The Morgan fingerprint density at radius 2 is 2.16 bits per heavy atom. The van der Waals surface area contributed by atoms with Crippen LogP contribution in [0.3, 0.4) is 0 Å². The predicted molar refractivity (Wildman–Crippen MR) is 79.2 cm³/mol. The van der Waals surface area contributed by atoms with Gasteiger partial charge in [0.15, 0.2) is 9.84 Å². The Bertz CT molecular complexity index is 525. The molecule has 0 amide bonds. The molecule has 2 rings (SSSR count). The lowest BCUT2D eigenvalue weighted by Gasteiger charge is -2.30. The molecule has 1 aliphatic heterocycles. The van der Waals surface area contributed by atoms with Gasteiger partial charge in [-0.3, -0.25) is 0 Å². The quantitative estimate of drug-likeness (QED) is 0.919. The molecule has 0 aliphatic carbocycles. The van der Waals surface area contributed by atoms with Gasteiger partial charge in [0, 0.05) is 6.04 Å². The maximum Gasteiger partial charge on any atom is 0.154 e. The summed E-state index contributed by atoms with van der Waals surface area (Å²) < 4.78 is 24.4.